The summed E-state index contributed by atoms with van der Waals surface area (Å²) in [5.74, 6) is -0.963. The minimum Gasteiger partial charge on any atom is -0.376 e. The van der Waals surface area contributed by atoms with Crippen molar-refractivity contribution in [3.63, 3.8) is 0 Å². The minimum atomic E-state index is -0.615. The van der Waals surface area contributed by atoms with E-state index in [1.54, 1.807) is 17.1 Å². The summed E-state index contributed by atoms with van der Waals surface area (Å²) in [5.41, 5.74) is 0.880. The molecule has 1 saturated heterocycles. The summed E-state index contributed by atoms with van der Waals surface area (Å²) in [6.45, 7) is 1.47. The van der Waals surface area contributed by atoms with Crippen LogP contribution in [0.4, 0.5) is 10.1 Å². The molecule has 7 heteroatoms. The molecule has 1 fully saturated rings. The number of hydrogen-bond donors (Lipinski definition) is 1. The number of nitrogens with one attached hydrogen (secondary N) is 1. The number of aromatic nitrogens is 3. The Morgan fingerprint density at radius 2 is 2.38 bits per heavy atom. The second-order valence-electron chi connectivity index (χ2n) is 4.91. The lowest BCUT2D eigenvalue weighted by molar-refractivity contribution is 0.0940. The van der Waals surface area contributed by atoms with Crippen LogP contribution in [0.25, 0.3) is 0 Å². The van der Waals surface area contributed by atoms with Crippen molar-refractivity contribution < 1.29 is 13.9 Å². The zero-order valence-corrected chi connectivity index (χ0v) is 11.3. The smallest absolute Gasteiger partial charge is 0.257 e. The van der Waals surface area contributed by atoms with Gasteiger partial charge >= 0.3 is 0 Å². The monoisotopic (exact) mass is 290 g/mol. The molecular weight excluding hydrogens is 275 g/mol. The summed E-state index contributed by atoms with van der Waals surface area (Å²) in [4.78, 5) is 15.4. The highest BCUT2D eigenvalue weighted by Crippen LogP contribution is 2.15. The first kappa shape index (κ1) is 13.7. The first-order chi connectivity index (χ1) is 10.2. The minimum absolute atomic E-state index is 0.190. The Morgan fingerprint density at radius 3 is 3.10 bits per heavy atom. The van der Waals surface area contributed by atoms with E-state index < -0.39 is 5.95 Å². The lowest BCUT2D eigenvalue weighted by Crippen LogP contribution is -2.15. The molecule has 3 rings (SSSR count). The quantitative estimate of drug-likeness (QED) is 0.872. The molecule has 0 aromatic carbocycles. The van der Waals surface area contributed by atoms with Gasteiger partial charge in [-0.05, 0) is 25.0 Å². The van der Waals surface area contributed by atoms with Gasteiger partial charge in [-0.2, -0.15) is 9.49 Å². The molecule has 0 aliphatic carbocycles. The number of carbonyl (C=O) groups excluding carboxylic acids is 1. The van der Waals surface area contributed by atoms with Crippen molar-refractivity contribution in [2.45, 2.75) is 25.5 Å². The zero-order chi connectivity index (χ0) is 14.7. The van der Waals surface area contributed by atoms with Crippen molar-refractivity contribution in [3.05, 3.63) is 42.2 Å². The number of amides is 1. The van der Waals surface area contributed by atoms with Crippen molar-refractivity contribution >= 4 is 11.6 Å². The van der Waals surface area contributed by atoms with Crippen molar-refractivity contribution in [2.24, 2.45) is 0 Å². The molecule has 2 aromatic rings. The van der Waals surface area contributed by atoms with Gasteiger partial charge < -0.3 is 10.1 Å². The van der Waals surface area contributed by atoms with Gasteiger partial charge in [0.2, 0.25) is 5.95 Å². The number of halogens is 1. The highest BCUT2D eigenvalue weighted by atomic mass is 19.1. The molecule has 0 spiro atoms. The predicted octanol–water partition coefficient (Wildman–Crippen LogP) is 1.85. The fraction of sp³-hybridized carbons (Fsp3) is 0.357. The first-order valence-corrected chi connectivity index (χ1v) is 6.78. The van der Waals surface area contributed by atoms with Crippen LogP contribution < -0.4 is 5.32 Å². The third-order valence-electron chi connectivity index (χ3n) is 3.30. The van der Waals surface area contributed by atoms with E-state index in [1.807, 2.05) is 0 Å². The van der Waals surface area contributed by atoms with Crippen molar-refractivity contribution in [1.29, 1.82) is 0 Å². The van der Waals surface area contributed by atoms with Crippen LogP contribution in [0.1, 0.15) is 23.2 Å². The van der Waals surface area contributed by atoms with E-state index in [2.05, 4.69) is 15.4 Å². The van der Waals surface area contributed by atoms with Crippen LogP contribution in [-0.2, 0) is 11.3 Å². The first-order valence-electron chi connectivity index (χ1n) is 6.78. The van der Waals surface area contributed by atoms with Crippen LogP contribution in [0.3, 0.4) is 0 Å². The molecule has 6 nitrogen and oxygen atoms in total. The maximum Gasteiger partial charge on any atom is 0.257 e. The standard InChI is InChI=1S/C14H15FN4O2/c15-13-4-3-10(6-16-13)14(20)18-11-7-17-19(8-11)9-12-2-1-5-21-12/h3-4,6-8,12H,1-2,5,9H2,(H,18,20). The van der Waals surface area contributed by atoms with E-state index >= 15 is 0 Å². The summed E-state index contributed by atoms with van der Waals surface area (Å²) in [5, 5.41) is 6.88. The number of pyridine rings is 1. The molecule has 1 amide bonds. The highest BCUT2D eigenvalue weighted by molar-refractivity contribution is 6.03. The fourth-order valence-electron chi connectivity index (χ4n) is 2.24. The molecule has 1 atom stereocenters. The van der Waals surface area contributed by atoms with Gasteiger partial charge in [-0.1, -0.05) is 0 Å². The van der Waals surface area contributed by atoms with Crippen LogP contribution in [0.2, 0.25) is 0 Å². The number of hydrogen-bond acceptors (Lipinski definition) is 4. The molecule has 1 unspecified atom stereocenters. The molecule has 0 bridgehead atoms. The Kier molecular flexibility index (Phi) is 3.92. The Hall–Kier alpha value is -2.28. The molecule has 110 valence electrons. The average Bonchev–Trinajstić information content (AvgIpc) is 3.12. The van der Waals surface area contributed by atoms with Crippen molar-refractivity contribution in [2.75, 3.05) is 11.9 Å². The molecule has 3 heterocycles. The Morgan fingerprint density at radius 1 is 1.48 bits per heavy atom. The van der Waals surface area contributed by atoms with Gasteiger partial charge in [0.25, 0.3) is 5.91 Å². The molecule has 1 aliphatic rings. The van der Waals surface area contributed by atoms with Crippen LogP contribution in [0.15, 0.2) is 30.7 Å². The highest BCUT2D eigenvalue weighted by Gasteiger charge is 2.16. The third kappa shape index (κ3) is 3.43. The van der Waals surface area contributed by atoms with Gasteiger partial charge in [0, 0.05) is 19.0 Å². The van der Waals surface area contributed by atoms with Crippen LogP contribution in [0.5, 0.6) is 0 Å². The molecule has 0 radical (unpaired) electrons. The van der Waals surface area contributed by atoms with Gasteiger partial charge in [0.1, 0.15) is 0 Å². The topological polar surface area (TPSA) is 69.0 Å². The van der Waals surface area contributed by atoms with E-state index in [4.69, 9.17) is 4.74 Å². The summed E-state index contributed by atoms with van der Waals surface area (Å²) in [6.07, 6.45) is 6.81. The number of rotatable bonds is 4. The van der Waals surface area contributed by atoms with Crippen molar-refractivity contribution in [1.82, 2.24) is 14.8 Å². The Labute approximate surface area is 120 Å². The van der Waals surface area contributed by atoms with Crippen LogP contribution >= 0.6 is 0 Å². The van der Waals surface area contributed by atoms with E-state index in [9.17, 15) is 9.18 Å². The molecule has 1 aliphatic heterocycles. The molecule has 21 heavy (non-hydrogen) atoms. The van der Waals surface area contributed by atoms with E-state index in [0.29, 0.717) is 17.8 Å². The van der Waals surface area contributed by atoms with E-state index in [-0.39, 0.29) is 12.0 Å². The predicted molar refractivity (Wildman–Crippen MR) is 73.3 cm³/mol. The maximum atomic E-state index is 12.7. The van der Waals surface area contributed by atoms with Gasteiger partial charge in [-0.15, -0.1) is 0 Å². The van der Waals surface area contributed by atoms with E-state index in [1.165, 1.54) is 12.3 Å². The summed E-state index contributed by atoms with van der Waals surface area (Å²) in [7, 11) is 0. The van der Waals surface area contributed by atoms with Gasteiger partial charge in [0.05, 0.1) is 30.1 Å². The average molecular weight is 290 g/mol. The number of anilines is 1. The van der Waals surface area contributed by atoms with Crippen molar-refractivity contribution in [3.8, 4) is 0 Å². The van der Waals surface area contributed by atoms with Gasteiger partial charge in [0.15, 0.2) is 0 Å². The largest absolute Gasteiger partial charge is 0.376 e. The Bertz CT molecular complexity index is 620. The summed E-state index contributed by atoms with van der Waals surface area (Å²) in [6, 6.07) is 2.53. The molecule has 1 N–H and O–H groups in total. The zero-order valence-electron chi connectivity index (χ0n) is 11.3. The second-order valence-corrected chi connectivity index (χ2v) is 4.91. The molecular formula is C14H15FN4O2. The molecule has 0 saturated carbocycles. The number of carbonyl (C=O) groups is 1. The third-order valence-corrected chi connectivity index (χ3v) is 3.30. The van der Waals surface area contributed by atoms with Gasteiger partial charge in [-0.25, -0.2) is 4.98 Å². The number of nitrogens with zero attached hydrogens (tertiary/aromatic N) is 3. The fourth-order valence-corrected chi connectivity index (χ4v) is 2.24. The lowest BCUT2D eigenvalue weighted by atomic mass is 10.2. The van der Waals surface area contributed by atoms with Gasteiger partial charge in [-0.3, -0.25) is 9.48 Å². The number of ether oxygens (including phenoxy) is 1. The Balaban J connectivity index is 1.61. The summed E-state index contributed by atoms with van der Waals surface area (Å²) >= 11 is 0. The normalized spacial score (nSPS) is 17.9. The van der Waals surface area contributed by atoms with Crippen LogP contribution in [-0.4, -0.2) is 33.4 Å². The van der Waals surface area contributed by atoms with Crippen LogP contribution in [0, 0.1) is 5.95 Å². The van der Waals surface area contributed by atoms with E-state index in [0.717, 1.165) is 25.5 Å². The second kappa shape index (κ2) is 6.01. The summed E-state index contributed by atoms with van der Waals surface area (Å²) < 4.78 is 20.0. The molecule has 2 aromatic heterocycles. The SMILES string of the molecule is O=C(Nc1cnn(CC2CCCO2)c1)c1ccc(F)nc1. The maximum absolute atomic E-state index is 12.7. The lowest BCUT2D eigenvalue weighted by Gasteiger charge is -2.08.